The Kier molecular flexibility index (Phi) is 7.13. The average Bonchev–Trinajstić information content (AvgIpc) is 2.08. The van der Waals surface area contributed by atoms with E-state index in [2.05, 4.69) is 0 Å². The zero-order chi connectivity index (χ0) is 10.8. The highest BCUT2D eigenvalue weighted by atomic mass is 16.4. The number of hydrogen-bond acceptors (Lipinski definition) is 2. The molecule has 0 aromatic carbocycles. The van der Waals surface area contributed by atoms with Crippen molar-refractivity contribution in [2.45, 2.75) is 25.7 Å². The lowest BCUT2D eigenvalue weighted by Gasteiger charge is -1.91. The van der Waals surface area contributed by atoms with Crippen LogP contribution in [0.15, 0.2) is 24.3 Å². The molecule has 0 aliphatic rings. The highest BCUT2D eigenvalue weighted by molar-refractivity contribution is 5.80. The Balaban J connectivity index is 3.36. The maximum atomic E-state index is 10.1. The highest BCUT2D eigenvalue weighted by Gasteiger charge is 1.93. The number of aliphatic carboxylic acids is 2. The Morgan fingerprint density at radius 3 is 2.36 bits per heavy atom. The molecule has 0 bridgehead atoms. The largest absolute Gasteiger partial charge is 0.481 e. The molecule has 0 unspecified atom stereocenters. The Bertz CT molecular complexity index is 241. The molecule has 78 valence electrons. The lowest BCUT2D eigenvalue weighted by molar-refractivity contribution is -0.137. The molecule has 0 aliphatic carbocycles. The topological polar surface area (TPSA) is 74.6 Å². The summed E-state index contributed by atoms with van der Waals surface area (Å²) in [6, 6.07) is 0. The number of rotatable bonds is 7. The fourth-order valence-electron chi connectivity index (χ4n) is 0.851. The van der Waals surface area contributed by atoms with Crippen LogP contribution in [-0.4, -0.2) is 22.2 Å². The molecule has 0 saturated carbocycles. The monoisotopic (exact) mass is 198 g/mol. The van der Waals surface area contributed by atoms with Gasteiger partial charge in [-0.2, -0.15) is 0 Å². The minimum Gasteiger partial charge on any atom is -0.481 e. The van der Waals surface area contributed by atoms with Crippen LogP contribution in [0.5, 0.6) is 0 Å². The molecule has 0 aromatic heterocycles. The Morgan fingerprint density at radius 1 is 1.07 bits per heavy atom. The van der Waals surface area contributed by atoms with Gasteiger partial charge in [0.2, 0.25) is 0 Å². The van der Waals surface area contributed by atoms with E-state index in [1.807, 2.05) is 6.08 Å². The minimum absolute atomic E-state index is 0.193. The van der Waals surface area contributed by atoms with Crippen LogP contribution in [0.2, 0.25) is 0 Å². The van der Waals surface area contributed by atoms with Gasteiger partial charge in [-0.15, -0.1) is 0 Å². The number of carboxylic acids is 2. The maximum absolute atomic E-state index is 10.1. The number of carboxylic acid groups (broad SMARTS) is 2. The minimum atomic E-state index is -0.972. The van der Waals surface area contributed by atoms with Gasteiger partial charge in [-0.3, -0.25) is 4.79 Å². The highest BCUT2D eigenvalue weighted by Crippen LogP contribution is 2.00. The Hall–Kier alpha value is -1.58. The van der Waals surface area contributed by atoms with Gasteiger partial charge in [0.15, 0.2) is 0 Å². The summed E-state index contributed by atoms with van der Waals surface area (Å²) in [6.07, 6.45) is 8.39. The molecule has 0 amide bonds. The molecule has 2 N–H and O–H groups in total. The SMILES string of the molecule is O=C(O)/C=C/C=C/CCCCC(=O)O. The second kappa shape index (κ2) is 8.04. The van der Waals surface area contributed by atoms with Gasteiger partial charge in [-0.05, 0) is 19.3 Å². The number of allylic oxidation sites excluding steroid dienone is 3. The van der Waals surface area contributed by atoms with Crippen LogP contribution in [0.25, 0.3) is 0 Å². The number of hydrogen-bond donors (Lipinski definition) is 2. The smallest absolute Gasteiger partial charge is 0.328 e. The molecule has 14 heavy (non-hydrogen) atoms. The summed E-state index contributed by atoms with van der Waals surface area (Å²) in [4.78, 5) is 20.1. The quantitative estimate of drug-likeness (QED) is 0.372. The van der Waals surface area contributed by atoms with Crippen molar-refractivity contribution in [3.63, 3.8) is 0 Å². The van der Waals surface area contributed by atoms with Crippen LogP contribution in [-0.2, 0) is 9.59 Å². The zero-order valence-corrected chi connectivity index (χ0v) is 7.85. The third-order valence-corrected chi connectivity index (χ3v) is 1.50. The summed E-state index contributed by atoms with van der Waals surface area (Å²) in [5.41, 5.74) is 0. The molecule has 4 nitrogen and oxygen atoms in total. The first-order valence-electron chi connectivity index (χ1n) is 4.41. The summed E-state index contributed by atoms with van der Waals surface area (Å²) in [5.74, 6) is -1.75. The molecule has 0 fully saturated rings. The van der Waals surface area contributed by atoms with E-state index in [1.165, 1.54) is 6.08 Å². The first-order chi connectivity index (χ1) is 6.63. The predicted molar refractivity (Wildman–Crippen MR) is 52.0 cm³/mol. The van der Waals surface area contributed by atoms with Crippen LogP contribution >= 0.6 is 0 Å². The Labute approximate surface area is 82.6 Å². The molecular formula is C10H14O4. The van der Waals surface area contributed by atoms with Crippen molar-refractivity contribution >= 4 is 11.9 Å². The molecule has 0 atom stereocenters. The number of unbranched alkanes of at least 4 members (excludes halogenated alkanes) is 2. The van der Waals surface area contributed by atoms with Gasteiger partial charge in [0.05, 0.1) is 0 Å². The fraction of sp³-hybridized carbons (Fsp3) is 0.400. The molecule has 0 aliphatic heterocycles. The summed E-state index contributed by atoms with van der Waals surface area (Å²) in [6.45, 7) is 0. The second-order valence-electron chi connectivity index (χ2n) is 2.77. The van der Waals surface area contributed by atoms with Crippen molar-refractivity contribution in [3.05, 3.63) is 24.3 Å². The van der Waals surface area contributed by atoms with E-state index in [9.17, 15) is 9.59 Å². The van der Waals surface area contributed by atoms with E-state index in [4.69, 9.17) is 10.2 Å². The molecule has 0 aromatic rings. The van der Waals surface area contributed by atoms with Crippen LogP contribution in [0.3, 0.4) is 0 Å². The van der Waals surface area contributed by atoms with Crippen molar-refractivity contribution < 1.29 is 19.8 Å². The third kappa shape index (κ3) is 10.4. The van der Waals surface area contributed by atoms with Crippen LogP contribution in [0, 0.1) is 0 Å². The van der Waals surface area contributed by atoms with Gasteiger partial charge in [0, 0.05) is 12.5 Å². The lowest BCUT2D eigenvalue weighted by atomic mass is 10.2. The van der Waals surface area contributed by atoms with Crippen LogP contribution in [0.1, 0.15) is 25.7 Å². The van der Waals surface area contributed by atoms with Crippen molar-refractivity contribution in [2.24, 2.45) is 0 Å². The lowest BCUT2D eigenvalue weighted by Crippen LogP contribution is -1.92. The fourth-order valence-corrected chi connectivity index (χ4v) is 0.851. The summed E-state index contributed by atoms with van der Waals surface area (Å²) in [5, 5.41) is 16.6. The van der Waals surface area contributed by atoms with Gasteiger partial charge in [-0.1, -0.05) is 18.2 Å². The third-order valence-electron chi connectivity index (χ3n) is 1.50. The van der Waals surface area contributed by atoms with Crippen LogP contribution in [0.4, 0.5) is 0 Å². The van der Waals surface area contributed by atoms with E-state index >= 15 is 0 Å². The standard InChI is InChI=1S/C10H14O4/c11-9(12)7-5-3-1-2-4-6-8-10(13)14/h1,3,5,7H,2,4,6,8H2,(H,11,12)(H,13,14)/b3-1+,7-5+. The summed E-state index contributed by atoms with van der Waals surface area (Å²) in [7, 11) is 0. The van der Waals surface area contributed by atoms with Crippen LogP contribution < -0.4 is 0 Å². The first-order valence-corrected chi connectivity index (χ1v) is 4.41. The molecule has 0 saturated heterocycles. The molecular weight excluding hydrogens is 184 g/mol. The molecule has 0 rings (SSSR count). The second-order valence-corrected chi connectivity index (χ2v) is 2.77. The molecule has 0 heterocycles. The number of carbonyl (C=O) groups is 2. The molecule has 0 spiro atoms. The van der Waals surface area contributed by atoms with E-state index in [0.29, 0.717) is 6.42 Å². The average molecular weight is 198 g/mol. The van der Waals surface area contributed by atoms with E-state index in [-0.39, 0.29) is 6.42 Å². The van der Waals surface area contributed by atoms with E-state index < -0.39 is 11.9 Å². The zero-order valence-electron chi connectivity index (χ0n) is 7.85. The van der Waals surface area contributed by atoms with Gasteiger partial charge in [-0.25, -0.2) is 4.79 Å². The van der Waals surface area contributed by atoms with E-state index in [1.54, 1.807) is 6.08 Å². The molecule has 0 radical (unpaired) electrons. The Morgan fingerprint density at radius 2 is 1.79 bits per heavy atom. The van der Waals surface area contributed by atoms with E-state index in [0.717, 1.165) is 18.9 Å². The normalized spacial score (nSPS) is 11.1. The van der Waals surface area contributed by atoms with Crippen molar-refractivity contribution in [1.29, 1.82) is 0 Å². The van der Waals surface area contributed by atoms with Gasteiger partial charge in [0.1, 0.15) is 0 Å². The van der Waals surface area contributed by atoms with Gasteiger partial charge in [0.25, 0.3) is 0 Å². The van der Waals surface area contributed by atoms with Crippen molar-refractivity contribution in [3.8, 4) is 0 Å². The summed E-state index contributed by atoms with van der Waals surface area (Å²) >= 11 is 0. The van der Waals surface area contributed by atoms with Gasteiger partial charge < -0.3 is 10.2 Å². The van der Waals surface area contributed by atoms with Crippen molar-refractivity contribution in [1.82, 2.24) is 0 Å². The van der Waals surface area contributed by atoms with Crippen molar-refractivity contribution in [2.75, 3.05) is 0 Å². The maximum Gasteiger partial charge on any atom is 0.328 e. The summed E-state index contributed by atoms with van der Waals surface area (Å²) < 4.78 is 0. The van der Waals surface area contributed by atoms with Gasteiger partial charge >= 0.3 is 11.9 Å². The first kappa shape index (κ1) is 12.4. The molecule has 4 heteroatoms. The predicted octanol–water partition coefficient (Wildman–Crippen LogP) is 1.83.